The van der Waals surface area contributed by atoms with E-state index in [-0.39, 0.29) is 11.1 Å². The van der Waals surface area contributed by atoms with Gasteiger partial charge in [0.2, 0.25) is 0 Å². The molecule has 4 aromatic heterocycles. The van der Waals surface area contributed by atoms with Gasteiger partial charge in [-0.1, -0.05) is 18.7 Å². The van der Waals surface area contributed by atoms with Crippen LogP contribution in [0.15, 0.2) is 26.2 Å². The van der Waals surface area contributed by atoms with Crippen molar-refractivity contribution in [2.75, 3.05) is 0 Å². The zero-order valence-corrected chi connectivity index (χ0v) is 17.7. The first-order chi connectivity index (χ1) is 13.7. The average Bonchev–Trinajstić information content (AvgIpc) is 3.38. The molecule has 1 aliphatic carbocycles. The van der Waals surface area contributed by atoms with Crippen LogP contribution in [0.3, 0.4) is 0 Å². The summed E-state index contributed by atoms with van der Waals surface area (Å²) in [4.78, 5) is 39.8. The second-order valence-electron chi connectivity index (χ2n) is 6.82. The standard InChI is InChI=1S/C19H18N4O2S3/c1-2-7-23-18(25)14-10-4-3-5-12(10)28-17(14)22-19(23)27-9-13-20-11-6-8-26-15(11)16(24)21-13/h6,8H,2-5,7,9H2,1H3,(H,20,21,24). The Kier molecular flexibility index (Phi) is 4.60. The number of aromatic nitrogens is 4. The third-order valence-corrected chi connectivity index (χ3v) is 8.01. The molecule has 1 aliphatic rings. The fraction of sp³-hybridized carbons (Fsp3) is 0.368. The van der Waals surface area contributed by atoms with Crippen molar-refractivity contribution in [3.63, 3.8) is 0 Å². The molecule has 5 rings (SSSR count). The van der Waals surface area contributed by atoms with E-state index in [1.54, 1.807) is 15.9 Å². The van der Waals surface area contributed by atoms with Crippen LogP contribution in [0, 0.1) is 0 Å². The number of aromatic amines is 1. The highest BCUT2D eigenvalue weighted by Gasteiger charge is 2.23. The van der Waals surface area contributed by atoms with Crippen molar-refractivity contribution in [2.24, 2.45) is 0 Å². The van der Waals surface area contributed by atoms with E-state index in [2.05, 4.69) is 16.9 Å². The van der Waals surface area contributed by atoms with E-state index in [0.29, 0.717) is 33.5 Å². The maximum atomic E-state index is 13.2. The molecule has 0 saturated carbocycles. The van der Waals surface area contributed by atoms with Gasteiger partial charge in [0.05, 0.1) is 16.7 Å². The molecular weight excluding hydrogens is 412 g/mol. The Hall–Kier alpha value is -1.97. The third kappa shape index (κ3) is 2.92. The van der Waals surface area contributed by atoms with E-state index in [1.165, 1.54) is 33.5 Å². The minimum atomic E-state index is -0.111. The van der Waals surface area contributed by atoms with Gasteiger partial charge in [0.25, 0.3) is 11.1 Å². The SMILES string of the molecule is CCCn1c(SCc2nc3ccsc3c(=O)[nH]2)nc2sc3c(c2c1=O)CCC3. The highest BCUT2D eigenvalue weighted by Crippen LogP contribution is 2.35. The zero-order valence-electron chi connectivity index (χ0n) is 15.3. The molecule has 0 atom stereocenters. The fourth-order valence-corrected chi connectivity index (χ4v) is 6.64. The van der Waals surface area contributed by atoms with Crippen LogP contribution < -0.4 is 11.1 Å². The Morgan fingerprint density at radius 3 is 3.04 bits per heavy atom. The summed E-state index contributed by atoms with van der Waals surface area (Å²) in [5, 5.41) is 3.39. The van der Waals surface area contributed by atoms with Crippen molar-refractivity contribution in [3.8, 4) is 0 Å². The van der Waals surface area contributed by atoms with E-state index < -0.39 is 0 Å². The minimum Gasteiger partial charge on any atom is -0.309 e. The Morgan fingerprint density at radius 1 is 1.29 bits per heavy atom. The number of rotatable bonds is 5. The molecule has 4 aromatic rings. The van der Waals surface area contributed by atoms with Crippen LogP contribution in [0.2, 0.25) is 0 Å². The van der Waals surface area contributed by atoms with Gasteiger partial charge in [-0.25, -0.2) is 9.97 Å². The van der Waals surface area contributed by atoms with Gasteiger partial charge in [-0.2, -0.15) is 0 Å². The van der Waals surface area contributed by atoms with Gasteiger partial charge in [0.1, 0.15) is 15.4 Å². The molecule has 0 radical (unpaired) electrons. The molecule has 9 heteroatoms. The molecule has 144 valence electrons. The lowest BCUT2D eigenvalue weighted by molar-refractivity contribution is 0.585. The van der Waals surface area contributed by atoms with Crippen LogP contribution in [-0.4, -0.2) is 19.5 Å². The number of H-pyrrole nitrogens is 1. The Morgan fingerprint density at radius 2 is 2.18 bits per heavy atom. The normalized spacial score (nSPS) is 13.6. The van der Waals surface area contributed by atoms with E-state index in [0.717, 1.165) is 35.9 Å². The maximum Gasteiger partial charge on any atom is 0.268 e. The summed E-state index contributed by atoms with van der Waals surface area (Å²) in [5.74, 6) is 1.07. The molecule has 28 heavy (non-hydrogen) atoms. The van der Waals surface area contributed by atoms with Crippen molar-refractivity contribution in [3.05, 3.63) is 48.4 Å². The van der Waals surface area contributed by atoms with Crippen LogP contribution in [0.1, 0.15) is 36.0 Å². The lowest BCUT2D eigenvalue weighted by Crippen LogP contribution is -2.23. The van der Waals surface area contributed by atoms with Crippen molar-refractivity contribution in [2.45, 2.75) is 50.1 Å². The molecular formula is C19H18N4O2S3. The molecule has 0 aromatic carbocycles. The number of thioether (sulfide) groups is 1. The highest BCUT2D eigenvalue weighted by atomic mass is 32.2. The summed E-state index contributed by atoms with van der Waals surface area (Å²) >= 11 is 4.51. The predicted octanol–water partition coefficient (Wildman–Crippen LogP) is 3.95. The van der Waals surface area contributed by atoms with Gasteiger partial charge in [-0.3, -0.25) is 14.2 Å². The number of nitrogens with zero attached hydrogens (tertiary/aromatic N) is 3. The zero-order chi connectivity index (χ0) is 19.3. The van der Waals surface area contributed by atoms with Crippen LogP contribution >= 0.6 is 34.4 Å². The first-order valence-corrected chi connectivity index (χ1v) is 12.0. The van der Waals surface area contributed by atoms with Crippen LogP contribution in [0.5, 0.6) is 0 Å². The van der Waals surface area contributed by atoms with Gasteiger partial charge >= 0.3 is 0 Å². The summed E-state index contributed by atoms with van der Waals surface area (Å²) in [7, 11) is 0. The lowest BCUT2D eigenvalue weighted by Gasteiger charge is -2.11. The number of hydrogen-bond acceptors (Lipinski definition) is 7. The lowest BCUT2D eigenvalue weighted by atomic mass is 10.2. The Labute approximate surface area is 172 Å². The second kappa shape index (κ2) is 7.13. The monoisotopic (exact) mass is 430 g/mol. The van der Waals surface area contributed by atoms with Crippen molar-refractivity contribution >= 4 is 54.9 Å². The summed E-state index contributed by atoms with van der Waals surface area (Å²) in [6.07, 6.45) is 4.03. The molecule has 6 nitrogen and oxygen atoms in total. The van der Waals surface area contributed by atoms with Crippen LogP contribution in [-0.2, 0) is 25.1 Å². The summed E-state index contributed by atoms with van der Waals surface area (Å²) in [5.41, 5.74) is 1.89. The van der Waals surface area contributed by atoms with Gasteiger partial charge in [0, 0.05) is 11.4 Å². The molecule has 0 fully saturated rings. The number of aryl methyl sites for hydroxylation is 2. The summed E-state index contributed by atoms with van der Waals surface area (Å²) in [6.45, 7) is 2.70. The van der Waals surface area contributed by atoms with Crippen LogP contribution in [0.4, 0.5) is 0 Å². The number of fused-ring (bicyclic) bond motifs is 4. The molecule has 0 saturated heterocycles. The van der Waals surface area contributed by atoms with Crippen molar-refractivity contribution in [1.29, 1.82) is 0 Å². The highest BCUT2D eigenvalue weighted by molar-refractivity contribution is 7.98. The van der Waals surface area contributed by atoms with Crippen molar-refractivity contribution in [1.82, 2.24) is 19.5 Å². The molecule has 4 heterocycles. The largest absolute Gasteiger partial charge is 0.309 e. The van der Waals surface area contributed by atoms with Crippen molar-refractivity contribution < 1.29 is 0 Å². The molecule has 0 spiro atoms. The third-order valence-electron chi connectivity index (χ3n) is 4.94. The van der Waals surface area contributed by atoms with Gasteiger partial charge in [-0.05, 0) is 42.7 Å². The summed E-state index contributed by atoms with van der Waals surface area (Å²) in [6, 6.07) is 1.86. The average molecular weight is 431 g/mol. The topological polar surface area (TPSA) is 80.6 Å². The first kappa shape index (κ1) is 18.1. The number of nitrogens with one attached hydrogen (secondary N) is 1. The van der Waals surface area contributed by atoms with Crippen LogP contribution in [0.25, 0.3) is 20.4 Å². The van der Waals surface area contributed by atoms with Gasteiger partial charge < -0.3 is 4.98 Å². The quantitative estimate of drug-likeness (QED) is 0.383. The second-order valence-corrected chi connectivity index (χ2v) is 9.77. The molecule has 0 amide bonds. The smallest absolute Gasteiger partial charge is 0.268 e. The molecule has 1 N–H and O–H groups in total. The maximum absolute atomic E-state index is 13.2. The number of thiophene rings is 2. The Bertz CT molecular complexity index is 1310. The van der Waals surface area contributed by atoms with E-state index in [9.17, 15) is 9.59 Å². The van der Waals surface area contributed by atoms with E-state index in [4.69, 9.17) is 4.98 Å². The molecule has 0 unspecified atom stereocenters. The molecule has 0 bridgehead atoms. The first-order valence-electron chi connectivity index (χ1n) is 9.30. The van der Waals surface area contributed by atoms with Gasteiger partial charge in [0.15, 0.2) is 5.16 Å². The van der Waals surface area contributed by atoms with E-state index >= 15 is 0 Å². The van der Waals surface area contributed by atoms with E-state index in [1.807, 2.05) is 11.4 Å². The Balaban J connectivity index is 1.54. The van der Waals surface area contributed by atoms with Gasteiger partial charge in [-0.15, -0.1) is 22.7 Å². The minimum absolute atomic E-state index is 0.0727. The number of hydrogen-bond donors (Lipinski definition) is 1. The fourth-order valence-electron chi connectivity index (χ4n) is 3.71. The predicted molar refractivity (Wildman–Crippen MR) is 116 cm³/mol. The summed E-state index contributed by atoms with van der Waals surface area (Å²) < 4.78 is 2.43. The molecule has 0 aliphatic heterocycles.